The maximum atomic E-state index is 12.4. The summed E-state index contributed by atoms with van der Waals surface area (Å²) in [5.41, 5.74) is 8.88. The van der Waals surface area contributed by atoms with Crippen LogP contribution in [0.2, 0.25) is 0 Å². The molecule has 0 atom stereocenters. The number of hydrogen-bond donors (Lipinski definition) is 4. The zero-order chi connectivity index (χ0) is 18.4. The molecule has 10 heteroatoms. The Balaban J connectivity index is 2.23. The van der Waals surface area contributed by atoms with Crippen molar-refractivity contribution in [1.82, 2.24) is 10.3 Å². The Kier molecular flexibility index (Phi) is 6.43. The van der Waals surface area contributed by atoms with E-state index < -0.39 is 5.91 Å². The van der Waals surface area contributed by atoms with Crippen molar-refractivity contribution in [2.24, 2.45) is 5.11 Å². The minimum absolute atomic E-state index is 0.0953. The van der Waals surface area contributed by atoms with Gasteiger partial charge in [-0.05, 0) is 41.1 Å². The second kappa shape index (κ2) is 8.54. The molecular formula is C15H14BrClN6O2. The highest BCUT2D eigenvalue weighted by molar-refractivity contribution is 9.11. The van der Waals surface area contributed by atoms with Crippen molar-refractivity contribution < 1.29 is 9.59 Å². The van der Waals surface area contributed by atoms with Crippen molar-refractivity contribution in [3.8, 4) is 0 Å². The molecule has 1 aromatic rings. The second-order valence-corrected chi connectivity index (χ2v) is 6.06. The molecule has 2 amide bonds. The molecule has 0 unspecified atom stereocenters. The first-order valence-electron chi connectivity index (χ1n) is 7.00. The van der Waals surface area contributed by atoms with Crippen molar-refractivity contribution in [2.45, 2.75) is 6.92 Å². The number of aryl methyl sites for hydroxylation is 1. The van der Waals surface area contributed by atoms with Gasteiger partial charge in [0, 0.05) is 10.7 Å². The normalized spacial score (nSPS) is 14.9. The lowest BCUT2D eigenvalue weighted by molar-refractivity contribution is -0.114. The van der Waals surface area contributed by atoms with Crippen LogP contribution in [0.15, 0.2) is 51.6 Å². The van der Waals surface area contributed by atoms with Gasteiger partial charge in [-0.25, -0.2) is 5.53 Å². The van der Waals surface area contributed by atoms with Gasteiger partial charge in [0.05, 0.1) is 29.0 Å². The number of nitrogens with one attached hydrogen (secondary N) is 4. The Labute approximate surface area is 157 Å². The number of amides is 2. The van der Waals surface area contributed by atoms with Crippen LogP contribution in [0.3, 0.4) is 0 Å². The average molecular weight is 426 g/mol. The predicted octanol–water partition coefficient (Wildman–Crippen LogP) is 3.14. The number of pyridine rings is 1. The van der Waals surface area contributed by atoms with Crippen molar-refractivity contribution in [1.29, 1.82) is 5.53 Å². The maximum Gasteiger partial charge on any atom is 0.278 e. The zero-order valence-corrected chi connectivity index (χ0v) is 15.4. The smallest absolute Gasteiger partial charge is 0.278 e. The van der Waals surface area contributed by atoms with Gasteiger partial charge in [0.2, 0.25) is 5.91 Å². The molecular weight excluding hydrogens is 412 g/mol. The first-order chi connectivity index (χ1) is 11.9. The van der Waals surface area contributed by atoms with Crippen LogP contribution in [0.25, 0.3) is 0 Å². The molecule has 130 valence electrons. The number of anilines is 2. The van der Waals surface area contributed by atoms with Crippen LogP contribution in [0.4, 0.5) is 11.4 Å². The standard InChI is InChI=1S/C15H14BrClN6O2/c1-8-12(4-10(7-19-8)21-13(24)5-17)22-15(25)14(23-18)11-3-2-9(16)6-20-11/h2-4,6-7,18,20H,5H2,1H3,(H,21,24)(H,22,25)/b14-11-,23-18?. The quantitative estimate of drug-likeness (QED) is 0.329. The van der Waals surface area contributed by atoms with E-state index in [9.17, 15) is 9.59 Å². The molecule has 1 aliphatic heterocycles. The third-order valence-corrected chi connectivity index (χ3v) is 3.83. The number of rotatable bonds is 5. The average Bonchev–Trinajstić information content (AvgIpc) is 2.60. The van der Waals surface area contributed by atoms with E-state index in [1.165, 1.54) is 6.20 Å². The summed E-state index contributed by atoms with van der Waals surface area (Å²) in [6.45, 7) is 1.70. The molecule has 2 heterocycles. The van der Waals surface area contributed by atoms with Gasteiger partial charge < -0.3 is 16.0 Å². The Bertz CT molecular complexity index is 818. The van der Waals surface area contributed by atoms with Gasteiger partial charge in [-0.2, -0.15) is 5.11 Å². The van der Waals surface area contributed by atoms with E-state index >= 15 is 0 Å². The first kappa shape index (κ1) is 18.8. The van der Waals surface area contributed by atoms with E-state index in [-0.39, 0.29) is 17.5 Å². The lowest BCUT2D eigenvalue weighted by atomic mass is 10.2. The van der Waals surface area contributed by atoms with Crippen LogP contribution in [0.5, 0.6) is 0 Å². The van der Waals surface area contributed by atoms with Crippen molar-refractivity contribution in [3.05, 3.63) is 52.2 Å². The van der Waals surface area contributed by atoms with Gasteiger partial charge in [0.25, 0.3) is 5.91 Å². The van der Waals surface area contributed by atoms with Gasteiger partial charge >= 0.3 is 0 Å². The summed E-state index contributed by atoms with van der Waals surface area (Å²) in [4.78, 5) is 27.9. The van der Waals surface area contributed by atoms with E-state index in [1.54, 1.807) is 31.3 Å². The summed E-state index contributed by atoms with van der Waals surface area (Å²) in [7, 11) is 0. The summed E-state index contributed by atoms with van der Waals surface area (Å²) in [6.07, 6.45) is 6.43. The number of aromatic nitrogens is 1. The third-order valence-electron chi connectivity index (χ3n) is 3.10. The van der Waals surface area contributed by atoms with Gasteiger partial charge in [-0.15, -0.1) is 11.6 Å². The second-order valence-electron chi connectivity index (χ2n) is 4.87. The first-order valence-corrected chi connectivity index (χ1v) is 8.33. The zero-order valence-electron chi connectivity index (χ0n) is 13.1. The fourth-order valence-electron chi connectivity index (χ4n) is 1.89. The molecule has 0 aromatic carbocycles. The Morgan fingerprint density at radius 1 is 1.40 bits per heavy atom. The molecule has 0 fully saturated rings. The Morgan fingerprint density at radius 2 is 2.16 bits per heavy atom. The maximum absolute atomic E-state index is 12.4. The Hall–Kier alpha value is -2.52. The minimum Gasteiger partial charge on any atom is -0.359 e. The monoisotopic (exact) mass is 424 g/mol. The van der Waals surface area contributed by atoms with Crippen LogP contribution in [-0.2, 0) is 9.59 Å². The molecule has 0 saturated heterocycles. The van der Waals surface area contributed by atoms with Crippen molar-refractivity contribution in [3.63, 3.8) is 0 Å². The van der Waals surface area contributed by atoms with E-state index in [0.717, 1.165) is 4.48 Å². The molecule has 2 rings (SSSR count). The highest BCUT2D eigenvalue weighted by atomic mass is 79.9. The summed E-state index contributed by atoms with van der Waals surface area (Å²) < 4.78 is 0.795. The Morgan fingerprint density at radius 3 is 2.76 bits per heavy atom. The molecule has 0 bridgehead atoms. The van der Waals surface area contributed by atoms with E-state index in [0.29, 0.717) is 22.8 Å². The van der Waals surface area contributed by atoms with Crippen molar-refractivity contribution >= 4 is 50.7 Å². The number of alkyl halides is 1. The molecule has 4 N–H and O–H groups in total. The number of carbonyl (C=O) groups excluding carboxylic acids is 2. The molecule has 1 aliphatic rings. The topological polar surface area (TPSA) is 119 Å². The van der Waals surface area contributed by atoms with Crippen LogP contribution in [0, 0.1) is 12.5 Å². The van der Waals surface area contributed by atoms with E-state index in [2.05, 4.69) is 42.0 Å². The SMILES string of the molecule is Cc1ncc(NC(=O)CCl)cc1NC(=O)/C(N=N)=C1\C=CC(Br)=CN1. The van der Waals surface area contributed by atoms with Gasteiger partial charge in [-0.3, -0.25) is 14.6 Å². The molecule has 25 heavy (non-hydrogen) atoms. The van der Waals surface area contributed by atoms with Crippen LogP contribution >= 0.6 is 27.5 Å². The molecule has 0 radical (unpaired) electrons. The number of carbonyl (C=O) groups is 2. The predicted molar refractivity (Wildman–Crippen MR) is 98.4 cm³/mol. The van der Waals surface area contributed by atoms with E-state index in [4.69, 9.17) is 17.1 Å². The highest BCUT2D eigenvalue weighted by Crippen LogP contribution is 2.21. The number of hydrogen-bond acceptors (Lipinski definition) is 6. The number of dihydropyridines is 1. The number of halogens is 2. The van der Waals surface area contributed by atoms with Gasteiger partial charge in [-0.1, -0.05) is 0 Å². The van der Waals surface area contributed by atoms with Crippen LogP contribution < -0.4 is 16.0 Å². The lowest BCUT2D eigenvalue weighted by Gasteiger charge is -2.13. The lowest BCUT2D eigenvalue weighted by Crippen LogP contribution is -2.20. The molecule has 0 aliphatic carbocycles. The molecule has 1 aromatic heterocycles. The number of nitrogens with zero attached hydrogens (tertiary/aromatic N) is 2. The van der Waals surface area contributed by atoms with E-state index in [1.807, 2.05) is 0 Å². The van der Waals surface area contributed by atoms with Gasteiger partial charge in [0.1, 0.15) is 5.88 Å². The van der Waals surface area contributed by atoms with Crippen molar-refractivity contribution in [2.75, 3.05) is 16.5 Å². The third kappa shape index (κ3) is 4.97. The number of allylic oxidation sites excluding steroid dienone is 3. The summed E-state index contributed by atoms with van der Waals surface area (Å²) in [5.74, 6) is -1.16. The van der Waals surface area contributed by atoms with Gasteiger partial charge in [0.15, 0.2) is 5.70 Å². The largest absolute Gasteiger partial charge is 0.359 e. The molecule has 0 saturated carbocycles. The van der Waals surface area contributed by atoms with Crippen LogP contribution in [-0.4, -0.2) is 22.7 Å². The molecule has 8 nitrogen and oxygen atoms in total. The highest BCUT2D eigenvalue weighted by Gasteiger charge is 2.17. The summed E-state index contributed by atoms with van der Waals surface area (Å²) in [6, 6.07) is 1.55. The molecule has 0 spiro atoms. The summed E-state index contributed by atoms with van der Waals surface area (Å²) in [5, 5.41) is 11.4. The fraction of sp³-hybridized carbons (Fsp3) is 0.133. The fourth-order valence-corrected chi connectivity index (χ4v) is 2.20. The minimum atomic E-state index is -0.584. The summed E-state index contributed by atoms with van der Waals surface area (Å²) >= 11 is 8.73. The van der Waals surface area contributed by atoms with Crippen LogP contribution in [0.1, 0.15) is 5.69 Å².